The van der Waals surface area contributed by atoms with Crippen molar-refractivity contribution in [2.24, 2.45) is 4.99 Å². The molecule has 0 saturated heterocycles. The van der Waals surface area contributed by atoms with E-state index in [1.165, 1.54) is 12.8 Å². The zero-order chi connectivity index (χ0) is 14.6. The van der Waals surface area contributed by atoms with Crippen LogP contribution in [0.25, 0.3) is 0 Å². The zero-order valence-corrected chi connectivity index (χ0v) is 13.0. The van der Waals surface area contributed by atoms with Crippen LogP contribution in [-0.4, -0.2) is 51.1 Å². The Hall–Kier alpha value is -1.49. The number of nitrogens with zero attached hydrogens (tertiary/aromatic N) is 2. The number of guanidine groups is 1. The van der Waals surface area contributed by atoms with E-state index < -0.39 is 0 Å². The molecule has 0 aliphatic rings. The molecule has 0 radical (unpaired) electrons. The molecule has 1 aromatic heterocycles. The summed E-state index contributed by atoms with van der Waals surface area (Å²) in [5, 5.41) is 6.61. The SMILES string of the molecule is CCCCN(C)CCNC(=NC)NCCc1ccco1. The van der Waals surface area contributed by atoms with E-state index in [0.717, 1.165) is 44.3 Å². The van der Waals surface area contributed by atoms with Gasteiger partial charge in [-0.3, -0.25) is 4.99 Å². The number of rotatable bonds is 9. The van der Waals surface area contributed by atoms with Crippen molar-refractivity contribution in [1.82, 2.24) is 15.5 Å². The summed E-state index contributed by atoms with van der Waals surface area (Å²) in [4.78, 5) is 6.55. The number of unbranched alkanes of at least 4 members (excludes halogenated alkanes) is 1. The first-order valence-electron chi connectivity index (χ1n) is 7.41. The molecule has 0 spiro atoms. The molecule has 0 unspecified atom stereocenters. The molecule has 5 nitrogen and oxygen atoms in total. The molecule has 114 valence electrons. The van der Waals surface area contributed by atoms with Crippen molar-refractivity contribution in [3.63, 3.8) is 0 Å². The Balaban J connectivity index is 2.10. The van der Waals surface area contributed by atoms with Crippen molar-refractivity contribution in [2.45, 2.75) is 26.2 Å². The molecule has 0 atom stereocenters. The zero-order valence-electron chi connectivity index (χ0n) is 13.0. The van der Waals surface area contributed by atoms with Crippen LogP contribution in [0.1, 0.15) is 25.5 Å². The van der Waals surface area contributed by atoms with E-state index in [1.807, 2.05) is 12.1 Å². The largest absolute Gasteiger partial charge is 0.469 e. The predicted octanol–water partition coefficient (Wildman–Crippen LogP) is 1.72. The summed E-state index contributed by atoms with van der Waals surface area (Å²) < 4.78 is 5.29. The van der Waals surface area contributed by atoms with Gasteiger partial charge in [0, 0.05) is 33.1 Å². The van der Waals surface area contributed by atoms with E-state index in [0.29, 0.717) is 0 Å². The van der Waals surface area contributed by atoms with Crippen LogP contribution in [0.3, 0.4) is 0 Å². The maximum Gasteiger partial charge on any atom is 0.191 e. The van der Waals surface area contributed by atoms with E-state index in [2.05, 4.69) is 34.5 Å². The highest BCUT2D eigenvalue weighted by molar-refractivity contribution is 5.79. The van der Waals surface area contributed by atoms with E-state index in [4.69, 9.17) is 4.42 Å². The van der Waals surface area contributed by atoms with E-state index in [-0.39, 0.29) is 0 Å². The number of nitrogens with one attached hydrogen (secondary N) is 2. The van der Waals surface area contributed by atoms with Crippen LogP contribution >= 0.6 is 0 Å². The standard InChI is InChI=1S/C15H28N4O/c1-4-5-11-19(3)12-10-18-15(16-2)17-9-8-14-7-6-13-20-14/h6-7,13H,4-5,8-12H2,1-3H3,(H2,16,17,18). The minimum Gasteiger partial charge on any atom is -0.469 e. The second kappa shape index (κ2) is 10.3. The average molecular weight is 280 g/mol. The summed E-state index contributed by atoms with van der Waals surface area (Å²) in [6.07, 6.45) is 5.07. The van der Waals surface area contributed by atoms with E-state index in [9.17, 15) is 0 Å². The molecule has 0 aliphatic carbocycles. The lowest BCUT2D eigenvalue weighted by Crippen LogP contribution is -2.41. The highest BCUT2D eigenvalue weighted by atomic mass is 16.3. The Bertz CT molecular complexity index is 362. The van der Waals surface area contributed by atoms with Crippen molar-refractivity contribution >= 4 is 5.96 Å². The van der Waals surface area contributed by atoms with Crippen LogP contribution in [0.5, 0.6) is 0 Å². The molecular formula is C15H28N4O. The fourth-order valence-electron chi connectivity index (χ4n) is 1.88. The normalized spacial score (nSPS) is 11.9. The maximum atomic E-state index is 5.29. The smallest absolute Gasteiger partial charge is 0.191 e. The second-order valence-electron chi connectivity index (χ2n) is 4.91. The molecule has 0 amide bonds. The molecule has 0 fully saturated rings. The molecule has 1 aromatic rings. The van der Waals surface area contributed by atoms with Crippen molar-refractivity contribution in [1.29, 1.82) is 0 Å². The number of hydrogen-bond acceptors (Lipinski definition) is 3. The van der Waals surface area contributed by atoms with Gasteiger partial charge in [0.2, 0.25) is 0 Å². The van der Waals surface area contributed by atoms with Gasteiger partial charge in [-0.05, 0) is 32.1 Å². The third kappa shape index (κ3) is 7.19. The van der Waals surface area contributed by atoms with Gasteiger partial charge in [0.25, 0.3) is 0 Å². The van der Waals surface area contributed by atoms with Gasteiger partial charge in [-0.25, -0.2) is 0 Å². The Morgan fingerprint density at radius 2 is 2.10 bits per heavy atom. The third-order valence-corrected chi connectivity index (χ3v) is 3.15. The number of furan rings is 1. The molecular weight excluding hydrogens is 252 g/mol. The highest BCUT2D eigenvalue weighted by Crippen LogP contribution is 1.99. The number of likely N-dealkylation sites (N-methyl/N-ethyl adjacent to an activating group) is 1. The lowest BCUT2D eigenvalue weighted by Gasteiger charge is -2.17. The fraction of sp³-hybridized carbons (Fsp3) is 0.667. The topological polar surface area (TPSA) is 52.8 Å². The van der Waals surface area contributed by atoms with Gasteiger partial charge in [-0.1, -0.05) is 13.3 Å². The van der Waals surface area contributed by atoms with Gasteiger partial charge in [-0.15, -0.1) is 0 Å². The van der Waals surface area contributed by atoms with Gasteiger partial charge < -0.3 is 20.0 Å². The molecule has 0 aliphatic heterocycles. The third-order valence-electron chi connectivity index (χ3n) is 3.15. The van der Waals surface area contributed by atoms with Crippen LogP contribution < -0.4 is 10.6 Å². The lowest BCUT2D eigenvalue weighted by atomic mass is 10.3. The monoisotopic (exact) mass is 280 g/mol. The first-order chi connectivity index (χ1) is 9.76. The molecule has 1 heterocycles. The summed E-state index contributed by atoms with van der Waals surface area (Å²) in [5.41, 5.74) is 0. The Kier molecular flexibility index (Phi) is 8.54. The van der Waals surface area contributed by atoms with Crippen LogP contribution in [0.4, 0.5) is 0 Å². The lowest BCUT2D eigenvalue weighted by molar-refractivity contribution is 0.332. The van der Waals surface area contributed by atoms with Crippen molar-refractivity contribution in [3.8, 4) is 0 Å². The van der Waals surface area contributed by atoms with Gasteiger partial charge in [0.15, 0.2) is 5.96 Å². The maximum absolute atomic E-state index is 5.29. The molecule has 5 heteroatoms. The average Bonchev–Trinajstić information content (AvgIpc) is 2.96. The second-order valence-corrected chi connectivity index (χ2v) is 4.91. The van der Waals surface area contributed by atoms with Gasteiger partial charge >= 0.3 is 0 Å². The van der Waals surface area contributed by atoms with Gasteiger partial charge in [0.05, 0.1) is 6.26 Å². The van der Waals surface area contributed by atoms with Crippen LogP contribution in [-0.2, 0) is 6.42 Å². The molecule has 0 saturated carbocycles. The minimum atomic E-state index is 0.818. The molecule has 20 heavy (non-hydrogen) atoms. The van der Waals surface area contributed by atoms with E-state index in [1.54, 1.807) is 13.3 Å². The Labute approximate surface area is 122 Å². The molecule has 0 bridgehead atoms. The quantitative estimate of drug-likeness (QED) is 0.534. The fourth-order valence-corrected chi connectivity index (χ4v) is 1.88. The molecule has 1 rings (SSSR count). The molecule has 0 aromatic carbocycles. The van der Waals surface area contributed by atoms with Crippen LogP contribution in [0.15, 0.2) is 27.8 Å². The summed E-state index contributed by atoms with van der Waals surface area (Å²) in [7, 11) is 3.95. The number of aliphatic imine (C=N–C) groups is 1. The summed E-state index contributed by atoms with van der Waals surface area (Å²) in [5.74, 6) is 1.84. The number of hydrogen-bond donors (Lipinski definition) is 2. The van der Waals surface area contributed by atoms with Crippen molar-refractivity contribution in [2.75, 3.05) is 40.3 Å². The first kappa shape index (κ1) is 16.6. The van der Waals surface area contributed by atoms with Crippen molar-refractivity contribution in [3.05, 3.63) is 24.2 Å². The summed E-state index contributed by atoms with van der Waals surface area (Å²) in [6.45, 7) is 6.12. The first-order valence-corrected chi connectivity index (χ1v) is 7.41. The van der Waals surface area contributed by atoms with Gasteiger partial charge in [-0.2, -0.15) is 0 Å². The Morgan fingerprint density at radius 3 is 2.75 bits per heavy atom. The van der Waals surface area contributed by atoms with Gasteiger partial charge in [0.1, 0.15) is 5.76 Å². The Morgan fingerprint density at radius 1 is 1.30 bits per heavy atom. The minimum absolute atomic E-state index is 0.818. The van der Waals surface area contributed by atoms with Crippen molar-refractivity contribution < 1.29 is 4.42 Å². The van der Waals surface area contributed by atoms with E-state index >= 15 is 0 Å². The predicted molar refractivity (Wildman–Crippen MR) is 84.2 cm³/mol. The summed E-state index contributed by atoms with van der Waals surface area (Å²) >= 11 is 0. The molecule has 2 N–H and O–H groups in total. The highest BCUT2D eigenvalue weighted by Gasteiger charge is 2.01. The van der Waals surface area contributed by atoms with Crippen LogP contribution in [0.2, 0.25) is 0 Å². The van der Waals surface area contributed by atoms with Crippen LogP contribution in [0, 0.1) is 0 Å². The summed E-state index contributed by atoms with van der Waals surface area (Å²) in [6, 6.07) is 3.90.